The zero-order valence-corrected chi connectivity index (χ0v) is 21.9. The van der Waals surface area contributed by atoms with Crippen LogP contribution in [0.4, 0.5) is 10.8 Å². The summed E-state index contributed by atoms with van der Waals surface area (Å²) in [5.41, 5.74) is 12.6. The van der Waals surface area contributed by atoms with Crippen LogP contribution >= 0.6 is 11.3 Å². The van der Waals surface area contributed by atoms with Crippen molar-refractivity contribution in [3.05, 3.63) is 30.3 Å². The zero-order chi connectivity index (χ0) is 26.4. The number of nitrogens with one attached hydrogen (secondary N) is 2. The van der Waals surface area contributed by atoms with E-state index in [0.29, 0.717) is 41.4 Å². The summed E-state index contributed by atoms with van der Waals surface area (Å²) in [6.45, 7) is 1.43. The van der Waals surface area contributed by atoms with Crippen molar-refractivity contribution in [2.45, 2.75) is 9.79 Å². The van der Waals surface area contributed by atoms with Gasteiger partial charge in [-0.1, -0.05) is 29.5 Å². The monoisotopic (exact) mass is 567 g/mol. The molecule has 1 saturated heterocycles. The Bertz CT molecular complexity index is 1570. The molecule has 14 nitrogen and oxygen atoms in total. The van der Waals surface area contributed by atoms with E-state index in [2.05, 4.69) is 21.0 Å². The van der Waals surface area contributed by atoms with Crippen LogP contribution in [0.1, 0.15) is 0 Å². The summed E-state index contributed by atoms with van der Waals surface area (Å²) in [7, 11) is -8.87. The molecule has 0 atom stereocenters. The highest BCUT2D eigenvalue weighted by Gasteiger charge is 2.37. The van der Waals surface area contributed by atoms with Crippen molar-refractivity contribution in [1.82, 2.24) is 25.1 Å². The van der Waals surface area contributed by atoms with E-state index in [0.717, 1.165) is 4.70 Å². The number of para-hydroxylation sites is 1. The van der Waals surface area contributed by atoms with E-state index in [4.69, 9.17) is 10.9 Å². The number of aliphatic hydroxyl groups is 1. The van der Waals surface area contributed by atoms with E-state index in [9.17, 15) is 21.9 Å². The van der Waals surface area contributed by atoms with Gasteiger partial charge in [-0.3, -0.25) is 10.3 Å². The third-order valence-corrected chi connectivity index (χ3v) is 10.0. The number of hydrogen-bond donors (Lipinski definition) is 5. The molecule has 0 aliphatic carbocycles. The Balaban J connectivity index is 1.71. The molecule has 3 aromatic rings. The number of hydrazine groups is 2. The minimum Gasteiger partial charge on any atom is -0.395 e. The lowest BCUT2D eigenvalue weighted by molar-refractivity contribution is 0.151. The number of aliphatic hydroxyl groups excluding tert-OH is 1. The number of nitrogen functional groups attached to an aromatic ring is 1. The standard InChI is InChI=1S/C20H25N9O5S3/c21-20-25-17-13(2-1-3-15(17)35-20)14-4-5-16(19(36(22,31)32)18(14)29-24-12-23-26-29)37(33,34)28-8-6-27(7-9-28)10-11-30/h1-5,12,26,30H,6-11H2,(H2,21,25)(H,23,24)(H2,22,31,32). The summed E-state index contributed by atoms with van der Waals surface area (Å²) in [6, 6.07) is 8.11. The molecule has 0 bridgehead atoms. The lowest BCUT2D eigenvalue weighted by Gasteiger charge is -2.34. The first-order valence-electron chi connectivity index (χ1n) is 11.1. The lowest BCUT2D eigenvalue weighted by Crippen LogP contribution is -2.49. The van der Waals surface area contributed by atoms with Crippen LogP contribution in [0.3, 0.4) is 0 Å². The molecule has 5 rings (SSSR count). The number of nitrogens with zero attached hydrogens (tertiary/aromatic N) is 5. The number of rotatable bonds is 7. The average Bonchev–Trinajstić information content (AvgIpc) is 3.52. The van der Waals surface area contributed by atoms with Crippen LogP contribution < -0.4 is 27.0 Å². The number of thiazole rings is 1. The van der Waals surface area contributed by atoms with Gasteiger partial charge in [-0.05, 0) is 12.1 Å². The molecule has 37 heavy (non-hydrogen) atoms. The van der Waals surface area contributed by atoms with Gasteiger partial charge in [0, 0.05) is 43.9 Å². The second-order valence-corrected chi connectivity index (χ2v) is 12.8. The van der Waals surface area contributed by atoms with Crippen molar-refractivity contribution in [3.63, 3.8) is 0 Å². The number of hydrogen-bond acceptors (Lipinski definition) is 13. The maximum atomic E-state index is 13.8. The molecule has 3 heterocycles. The van der Waals surface area contributed by atoms with Crippen LogP contribution in [-0.2, 0) is 20.0 Å². The van der Waals surface area contributed by atoms with E-state index in [-0.39, 0.29) is 25.4 Å². The zero-order valence-electron chi connectivity index (χ0n) is 19.4. The predicted octanol–water partition coefficient (Wildman–Crippen LogP) is -0.736. The normalized spacial score (nSPS) is 17.3. The summed E-state index contributed by atoms with van der Waals surface area (Å²) >= 11 is 1.27. The number of fused-ring (bicyclic) bond motifs is 1. The number of hydrazone groups is 1. The molecule has 2 aromatic carbocycles. The van der Waals surface area contributed by atoms with Crippen LogP contribution in [-0.4, -0.2) is 81.8 Å². The average molecular weight is 568 g/mol. The SMILES string of the molecule is Nc1nc2c(-c3ccc(S(=O)(=O)N4CCN(CCO)CC4)c(S(N)(=O)=O)c3N3NC=NN3)cccc2s1. The van der Waals surface area contributed by atoms with Gasteiger partial charge in [0.15, 0.2) is 5.13 Å². The largest absolute Gasteiger partial charge is 0.395 e. The molecule has 7 N–H and O–H groups in total. The molecular formula is C20H25N9O5S3. The minimum absolute atomic E-state index is 0.0393. The molecule has 2 aliphatic rings. The molecule has 0 spiro atoms. The molecule has 0 saturated carbocycles. The molecule has 17 heteroatoms. The third-order valence-electron chi connectivity index (χ3n) is 6.10. The first kappa shape index (κ1) is 25.6. The minimum atomic E-state index is -4.59. The summed E-state index contributed by atoms with van der Waals surface area (Å²) in [5.74, 6) is 0. The lowest BCUT2D eigenvalue weighted by atomic mass is 10.0. The van der Waals surface area contributed by atoms with Crippen LogP contribution in [0.5, 0.6) is 0 Å². The van der Waals surface area contributed by atoms with Crippen molar-refractivity contribution in [2.75, 3.05) is 50.2 Å². The van der Waals surface area contributed by atoms with E-state index in [1.807, 2.05) is 11.0 Å². The molecule has 2 aliphatic heterocycles. The Labute approximate surface area is 217 Å². The topological polar surface area (TPSA) is 200 Å². The van der Waals surface area contributed by atoms with Gasteiger partial charge in [-0.15, -0.1) is 5.10 Å². The first-order valence-corrected chi connectivity index (χ1v) is 14.9. The van der Waals surface area contributed by atoms with Crippen molar-refractivity contribution in [1.29, 1.82) is 0 Å². The van der Waals surface area contributed by atoms with Crippen molar-refractivity contribution in [3.8, 4) is 11.1 Å². The Morgan fingerprint density at radius 1 is 1.05 bits per heavy atom. The summed E-state index contributed by atoms with van der Waals surface area (Å²) in [5, 5.41) is 20.2. The van der Waals surface area contributed by atoms with Gasteiger partial charge in [-0.2, -0.15) is 15.0 Å². The predicted molar refractivity (Wildman–Crippen MR) is 140 cm³/mol. The Kier molecular flexibility index (Phi) is 6.69. The van der Waals surface area contributed by atoms with Gasteiger partial charge in [0.2, 0.25) is 20.0 Å². The number of piperazine rings is 1. The van der Waals surface area contributed by atoms with E-state index < -0.39 is 29.8 Å². The number of sulfonamides is 2. The summed E-state index contributed by atoms with van der Waals surface area (Å²) in [4.78, 5) is 5.28. The Morgan fingerprint density at radius 3 is 2.46 bits per heavy atom. The fraction of sp³-hybridized carbons (Fsp3) is 0.300. The van der Waals surface area contributed by atoms with Crippen LogP contribution in [0, 0.1) is 0 Å². The first-order chi connectivity index (χ1) is 17.6. The molecular weight excluding hydrogens is 542 g/mol. The molecule has 0 amide bonds. The number of nitrogens with two attached hydrogens (primary N) is 2. The third kappa shape index (κ3) is 4.70. The second kappa shape index (κ2) is 9.67. The summed E-state index contributed by atoms with van der Waals surface area (Å²) in [6.07, 6.45) is 1.28. The van der Waals surface area contributed by atoms with Crippen LogP contribution in [0.15, 0.2) is 45.2 Å². The Morgan fingerprint density at radius 2 is 1.81 bits per heavy atom. The van der Waals surface area contributed by atoms with Crippen LogP contribution in [0.25, 0.3) is 21.3 Å². The summed E-state index contributed by atoms with van der Waals surface area (Å²) < 4.78 is 55.6. The van der Waals surface area contributed by atoms with E-state index in [1.165, 1.54) is 39.2 Å². The number of primary sulfonamides is 1. The van der Waals surface area contributed by atoms with Crippen molar-refractivity contribution < 1.29 is 21.9 Å². The number of anilines is 2. The highest BCUT2D eigenvalue weighted by molar-refractivity contribution is 7.92. The fourth-order valence-corrected chi connectivity index (χ4v) is 8.18. The van der Waals surface area contributed by atoms with Gasteiger partial charge in [0.1, 0.15) is 21.8 Å². The maximum Gasteiger partial charge on any atom is 0.244 e. The highest BCUT2D eigenvalue weighted by Crippen LogP contribution is 2.43. The Hall–Kier alpha value is -3.06. The van der Waals surface area contributed by atoms with Gasteiger partial charge in [-0.25, -0.2) is 27.0 Å². The molecule has 198 valence electrons. The fourth-order valence-electron chi connectivity index (χ4n) is 4.44. The van der Waals surface area contributed by atoms with Crippen molar-refractivity contribution in [2.24, 2.45) is 10.2 Å². The number of β-amino-alcohol motifs (C(OH)–C–C–N with tert-alkyl or cyclic N) is 1. The number of aromatic nitrogens is 1. The van der Waals surface area contributed by atoms with E-state index >= 15 is 0 Å². The van der Waals surface area contributed by atoms with E-state index in [1.54, 1.807) is 12.1 Å². The molecule has 1 fully saturated rings. The van der Waals surface area contributed by atoms with Gasteiger partial charge < -0.3 is 10.8 Å². The molecule has 1 aromatic heterocycles. The van der Waals surface area contributed by atoms with Gasteiger partial charge in [0.25, 0.3) is 0 Å². The molecule has 0 radical (unpaired) electrons. The smallest absolute Gasteiger partial charge is 0.244 e. The van der Waals surface area contributed by atoms with Gasteiger partial charge >= 0.3 is 0 Å². The highest BCUT2D eigenvalue weighted by atomic mass is 32.2. The number of benzene rings is 2. The van der Waals surface area contributed by atoms with Crippen LogP contribution in [0.2, 0.25) is 0 Å². The second-order valence-electron chi connectivity index (χ2n) is 8.33. The van der Waals surface area contributed by atoms with Crippen molar-refractivity contribution >= 4 is 58.8 Å². The molecule has 0 unspecified atom stereocenters. The van der Waals surface area contributed by atoms with Gasteiger partial charge in [0.05, 0.1) is 16.8 Å². The quantitative estimate of drug-likeness (QED) is 0.241. The maximum absolute atomic E-state index is 13.8.